The van der Waals surface area contributed by atoms with Gasteiger partial charge in [0.2, 0.25) is 0 Å². The number of rotatable bonds is 7. The third kappa shape index (κ3) is 8.15. The zero-order valence-corrected chi connectivity index (χ0v) is 8.45. The molecule has 0 aliphatic carbocycles. The van der Waals surface area contributed by atoms with Crippen LogP contribution in [0.25, 0.3) is 0 Å². The van der Waals surface area contributed by atoms with Gasteiger partial charge in [-0.1, -0.05) is 26.2 Å². The third-order valence-electron chi connectivity index (χ3n) is 1.75. The maximum absolute atomic E-state index is 5.63. The van der Waals surface area contributed by atoms with Gasteiger partial charge >= 0.3 is 0 Å². The molecule has 0 aromatic heterocycles. The molecule has 0 bridgehead atoms. The summed E-state index contributed by atoms with van der Waals surface area (Å²) in [5, 5.41) is 3.36. The van der Waals surface area contributed by atoms with Gasteiger partial charge in [-0.3, -0.25) is 0 Å². The van der Waals surface area contributed by atoms with Crippen LogP contribution in [0.1, 0.15) is 39.5 Å². The first kappa shape index (κ1) is 11.2. The van der Waals surface area contributed by atoms with Gasteiger partial charge < -0.3 is 5.32 Å². The molecule has 0 amide bonds. The van der Waals surface area contributed by atoms with Crippen LogP contribution >= 0.6 is 11.6 Å². The summed E-state index contributed by atoms with van der Waals surface area (Å²) in [5.41, 5.74) is 0. The van der Waals surface area contributed by atoms with Crippen molar-refractivity contribution < 1.29 is 0 Å². The van der Waals surface area contributed by atoms with E-state index in [9.17, 15) is 0 Å². The molecule has 0 spiro atoms. The van der Waals surface area contributed by atoms with Crippen molar-refractivity contribution >= 4 is 11.6 Å². The highest BCUT2D eigenvalue weighted by Gasteiger charge is 1.96. The molecule has 0 heterocycles. The van der Waals surface area contributed by atoms with E-state index in [4.69, 9.17) is 11.6 Å². The number of halogens is 1. The van der Waals surface area contributed by atoms with Crippen LogP contribution in [-0.2, 0) is 0 Å². The van der Waals surface area contributed by atoms with Crippen LogP contribution in [0.3, 0.4) is 0 Å². The van der Waals surface area contributed by atoms with E-state index >= 15 is 0 Å². The summed E-state index contributed by atoms with van der Waals surface area (Å²) >= 11 is 5.63. The maximum atomic E-state index is 5.63. The van der Waals surface area contributed by atoms with Crippen LogP contribution in [0.5, 0.6) is 0 Å². The lowest BCUT2D eigenvalue weighted by Gasteiger charge is -2.09. The maximum Gasteiger partial charge on any atom is 0.0374 e. The predicted octanol–water partition coefficient (Wildman–Crippen LogP) is 2.78. The zero-order valence-electron chi connectivity index (χ0n) is 7.70. The molecule has 0 fully saturated rings. The van der Waals surface area contributed by atoms with Crippen molar-refractivity contribution in [2.75, 3.05) is 12.4 Å². The molecule has 0 aliphatic rings. The van der Waals surface area contributed by atoms with Gasteiger partial charge in [0.25, 0.3) is 0 Å². The van der Waals surface area contributed by atoms with E-state index in [1.165, 1.54) is 25.7 Å². The predicted molar refractivity (Wildman–Crippen MR) is 52.3 cm³/mol. The molecule has 0 saturated carbocycles. The molecule has 1 nitrogen and oxygen atoms in total. The van der Waals surface area contributed by atoms with Crippen LogP contribution in [0.15, 0.2) is 0 Å². The third-order valence-corrected chi connectivity index (χ3v) is 2.22. The molecule has 0 saturated heterocycles. The van der Waals surface area contributed by atoms with Crippen molar-refractivity contribution in [3.8, 4) is 0 Å². The van der Waals surface area contributed by atoms with E-state index in [1.54, 1.807) is 0 Å². The van der Waals surface area contributed by atoms with Gasteiger partial charge in [-0.2, -0.15) is 0 Å². The Labute approximate surface area is 75.5 Å². The van der Waals surface area contributed by atoms with Crippen molar-refractivity contribution in [3.05, 3.63) is 0 Å². The van der Waals surface area contributed by atoms with Crippen LogP contribution in [0.2, 0.25) is 0 Å². The van der Waals surface area contributed by atoms with Crippen molar-refractivity contribution in [2.45, 2.75) is 45.6 Å². The SMILES string of the molecule is CCCCCCNC(C)CCl. The van der Waals surface area contributed by atoms with Crippen LogP contribution < -0.4 is 5.32 Å². The van der Waals surface area contributed by atoms with Gasteiger partial charge in [-0.05, 0) is 19.9 Å². The Kier molecular flexibility index (Phi) is 8.54. The first-order chi connectivity index (χ1) is 5.31. The molecule has 0 aliphatic heterocycles. The summed E-state index contributed by atoms with van der Waals surface area (Å²) in [5.74, 6) is 0.716. The summed E-state index contributed by atoms with van der Waals surface area (Å²) in [6.45, 7) is 5.47. The lowest BCUT2D eigenvalue weighted by atomic mass is 10.2. The normalized spacial score (nSPS) is 13.4. The Morgan fingerprint density at radius 3 is 2.55 bits per heavy atom. The highest BCUT2D eigenvalue weighted by atomic mass is 35.5. The van der Waals surface area contributed by atoms with E-state index in [0.717, 1.165) is 6.54 Å². The van der Waals surface area contributed by atoms with Crippen LogP contribution in [-0.4, -0.2) is 18.5 Å². The summed E-state index contributed by atoms with van der Waals surface area (Å²) in [6.07, 6.45) is 5.30. The smallest absolute Gasteiger partial charge is 0.0374 e. The zero-order chi connectivity index (χ0) is 8.53. The minimum atomic E-state index is 0.471. The van der Waals surface area contributed by atoms with Gasteiger partial charge in [0.05, 0.1) is 0 Å². The van der Waals surface area contributed by atoms with E-state index < -0.39 is 0 Å². The molecule has 68 valence electrons. The Balaban J connectivity index is 2.89. The lowest BCUT2D eigenvalue weighted by Crippen LogP contribution is -2.28. The highest BCUT2D eigenvalue weighted by molar-refractivity contribution is 6.18. The van der Waals surface area contributed by atoms with E-state index in [1.807, 2.05) is 0 Å². The van der Waals surface area contributed by atoms with Crippen molar-refractivity contribution in [3.63, 3.8) is 0 Å². The van der Waals surface area contributed by atoms with Gasteiger partial charge in [0.1, 0.15) is 0 Å². The highest BCUT2D eigenvalue weighted by Crippen LogP contribution is 1.97. The summed E-state index contributed by atoms with van der Waals surface area (Å²) in [4.78, 5) is 0. The Morgan fingerprint density at radius 2 is 2.00 bits per heavy atom. The lowest BCUT2D eigenvalue weighted by molar-refractivity contribution is 0.549. The van der Waals surface area contributed by atoms with Crippen molar-refractivity contribution in [1.82, 2.24) is 5.32 Å². The molecular weight excluding hydrogens is 158 g/mol. The molecular formula is C9H20ClN. The van der Waals surface area contributed by atoms with E-state index in [-0.39, 0.29) is 0 Å². The van der Waals surface area contributed by atoms with Crippen LogP contribution in [0, 0.1) is 0 Å². The fraction of sp³-hybridized carbons (Fsp3) is 1.00. The molecule has 0 rings (SSSR count). The topological polar surface area (TPSA) is 12.0 Å². The Hall–Kier alpha value is 0.250. The molecule has 0 aromatic carbocycles. The molecule has 1 atom stereocenters. The number of unbranched alkanes of at least 4 members (excludes halogenated alkanes) is 3. The standard InChI is InChI=1S/C9H20ClN/c1-3-4-5-6-7-11-9(2)8-10/h9,11H,3-8H2,1-2H3. The molecule has 0 radical (unpaired) electrons. The molecule has 0 aromatic rings. The number of hydrogen-bond donors (Lipinski definition) is 1. The number of nitrogens with one attached hydrogen (secondary N) is 1. The van der Waals surface area contributed by atoms with Gasteiger partial charge in [0.15, 0.2) is 0 Å². The second kappa shape index (κ2) is 8.35. The Bertz CT molecular complexity index is 76.0. The summed E-state index contributed by atoms with van der Waals surface area (Å²) < 4.78 is 0. The fourth-order valence-electron chi connectivity index (χ4n) is 0.955. The van der Waals surface area contributed by atoms with Crippen LogP contribution in [0.4, 0.5) is 0 Å². The van der Waals surface area contributed by atoms with Crippen molar-refractivity contribution in [2.24, 2.45) is 0 Å². The second-order valence-electron chi connectivity index (χ2n) is 3.07. The number of alkyl halides is 1. The first-order valence-corrected chi connectivity index (χ1v) is 5.14. The molecule has 1 unspecified atom stereocenters. The van der Waals surface area contributed by atoms with Gasteiger partial charge in [-0.15, -0.1) is 11.6 Å². The monoisotopic (exact) mass is 177 g/mol. The van der Waals surface area contributed by atoms with Crippen molar-refractivity contribution in [1.29, 1.82) is 0 Å². The van der Waals surface area contributed by atoms with E-state index in [0.29, 0.717) is 11.9 Å². The largest absolute Gasteiger partial charge is 0.313 e. The minimum absolute atomic E-state index is 0.471. The summed E-state index contributed by atoms with van der Waals surface area (Å²) in [6, 6.07) is 0.471. The molecule has 1 N–H and O–H groups in total. The first-order valence-electron chi connectivity index (χ1n) is 4.60. The molecule has 11 heavy (non-hydrogen) atoms. The van der Waals surface area contributed by atoms with E-state index in [2.05, 4.69) is 19.2 Å². The Morgan fingerprint density at radius 1 is 1.27 bits per heavy atom. The van der Waals surface area contributed by atoms with Gasteiger partial charge in [0, 0.05) is 11.9 Å². The van der Waals surface area contributed by atoms with Gasteiger partial charge in [-0.25, -0.2) is 0 Å². The minimum Gasteiger partial charge on any atom is -0.313 e. The molecule has 2 heteroatoms. The fourth-order valence-corrected chi connectivity index (χ4v) is 1.06. The average molecular weight is 178 g/mol. The second-order valence-corrected chi connectivity index (χ2v) is 3.38. The average Bonchev–Trinajstić information content (AvgIpc) is 2.04. The quantitative estimate of drug-likeness (QED) is 0.466. The summed E-state index contributed by atoms with van der Waals surface area (Å²) in [7, 11) is 0. The number of hydrogen-bond acceptors (Lipinski definition) is 1.